The third-order valence-electron chi connectivity index (χ3n) is 6.83. The molecular formula is C48H93N9O3U3. The smallest absolute Gasteiger partial charge is 0.380 e. The molecule has 0 aromatic carbocycles. The van der Waals surface area contributed by atoms with Crippen molar-refractivity contribution in [2.75, 3.05) is 39.6 Å². The Balaban J connectivity index is -0.000000167. The molecule has 0 radical (unpaired) electrons. The van der Waals surface area contributed by atoms with Crippen LogP contribution in [0, 0.1) is 148 Å². The van der Waals surface area contributed by atoms with E-state index in [2.05, 4.69) is 176 Å². The van der Waals surface area contributed by atoms with Crippen LogP contribution in [0.1, 0.15) is 167 Å². The van der Waals surface area contributed by atoms with Crippen LogP contribution in [-0.4, -0.2) is 84.6 Å². The van der Waals surface area contributed by atoms with E-state index in [4.69, 9.17) is 14.2 Å². The Hall–Kier alpha value is 0.326. The average molecular weight is 1560 g/mol. The number of hydrogen-bond donors (Lipinski definition) is 0. The Morgan fingerprint density at radius 3 is 1.02 bits per heavy atom. The van der Waals surface area contributed by atoms with Gasteiger partial charge in [0.15, 0.2) is 0 Å². The van der Waals surface area contributed by atoms with Gasteiger partial charge in [0, 0.05) is 38.8 Å². The summed E-state index contributed by atoms with van der Waals surface area (Å²) in [6.07, 6.45) is 11.4. The second-order valence-corrected chi connectivity index (χ2v) is 20.0. The van der Waals surface area contributed by atoms with Gasteiger partial charge >= 0.3 is 93.3 Å². The van der Waals surface area contributed by atoms with E-state index in [1.165, 1.54) is 17.8 Å². The quantitative estimate of drug-likeness (QED) is 0.0906. The topological polar surface area (TPSA) is 120 Å². The second-order valence-electron chi connectivity index (χ2n) is 20.0. The molecule has 0 aliphatic carbocycles. The predicted octanol–water partition coefficient (Wildman–Crippen LogP) is 11.4. The number of ether oxygens (including phenoxy) is 3. The van der Waals surface area contributed by atoms with E-state index < -0.39 is 0 Å². The molecule has 0 fully saturated rings. The van der Waals surface area contributed by atoms with Crippen molar-refractivity contribution < 1.29 is 108 Å². The van der Waals surface area contributed by atoms with Gasteiger partial charge in [0.05, 0.1) is 44.3 Å². The van der Waals surface area contributed by atoms with Gasteiger partial charge in [0.1, 0.15) is 0 Å². The largest absolute Gasteiger partial charge is 2.00 e. The van der Waals surface area contributed by atoms with Crippen LogP contribution in [0.5, 0.6) is 0 Å². The van der Waals surface area contributed by atoms with E-state index >= 15 is 0 Å². The minimum Gasteiger partial charge on any atom is -0.380 e. The summed E-state index contributed by atoms with van der Waals surface area (Å²) in [5.41, 5.74) is 3.66. The summed E-state index contributed by atoms with van der Waals surface area (Å²) < 4.78 is 22.0. The van der Waals surface area contributed by atoms with Gasteiger partial charge in [-0.25, -0.2) is 11.6 Å². The van der Waals surface area contributed by atoms with Gasteiger partial charge in [-0.05, 0) is 41.9 Å². The van der Waals surface area contributed by atoms with Crippen LogP contribution in [0.4, 0.5) is 0 Å². The first-order valence-electron chi connectivity index (χ1n) is 21.8. The summed E-state index contributed by atoms with van der Waals surface area (Å²) in [6, 6.07) is 0. The SMILES string of the molecule is C[C-](C)C.C[C-](C)C.C[C-](C)C.[CH2-]CCc1cn(CCOCCC(C)(C)C)nn1.[CH2-]Cc1cn(CCOCCC(C)(C)C)nn1.[CH2-]c1cn(CCOCCC(C)(C)C)nn1.[U+2].[U+2].[U+2]. The van der Waals surface area contributed by atoms with Crippen molar-refractivity contribution in [3.63, 3.8) is 0 Å². The summed E-state index contributed by atoms with van der Waals surface area (Å²) in [6.45, 7) is 56.7. The van der Waals surface area contributed by atoms with E-state index in [0.717, 1.165) is 82.9 Å². The van der Waals surface area contributed by atoms with Crippen molar-refractivity contribution in [1.82, 2.24) is 45.0 Å². The van der Waals surface area contributed by atoms with Crippen LogP contribution in [0.3, 0.4) is 0 Å². The van der Waals surface area contributed by atoms with Crippen molar-refractivity contribution in [2.45, 2.75) is 183 Å². The molecule has 3 aromatic rings. The molecule has 0 spiro atoms. The Morgan fingerprint density at radius 2 is 0.762 bits per heavy atom. The maximum Gasteiger partial charge on any atom is 2.00 e. The zero-order valence-corrected chi connectivity index (χ0v) is 56.2. The van der Waals surface area contributed by atoms with Crippen molar-refractivity contribution in [3.05, 3.63) is 74.2 Å². The molecule has 15 heteroatoms. The summed E-state index contributed by atoms with van der Waals surface area (Å²) in [5, 5.41) is 23.7. The summed E-state index contributed by atoms with van der Waals surface area (Å²) in [5.74, 6) is 4.25. The van der Waals surface area contributed by atoms with E-state index in [1.54, 1.807) is 9.36 Å². The number of nitrogens with zero attached hydrogens (tertiary/aromatic N) is 9. The van der Waals surface area contributed by atoms with Crippen molar-refractivity contribution >= 4 is 0 Å². The third kappa shape index (κ3) is 64.4. The number of aromatic nitrogens is 9. The first kappa shape index (κ1) is 74.9. The molecule has 0 saturated carbocycles. The normalized spacial score (nSPS) is 10.8. The zero-order valence-electron chi connectivity index (χ0n) is 43.7. The fourth-order valence-electron chi connectivity index (χ4n) is 3.67. The Morgan fingerprint density at radius 1 is 0.476 bits per heavy atom. The molecule has 3 rings (SSSR count). The van der Waals surface area contributed by atoms with Crippen LogP contribution in [0.15, 0.2) is 18.6 Å². The van der Waals surface area contributed by atoms with Crippen LogP contribution in [-0.2, 0) is 46.7 Å². The zero-order chi connectivity index (χ0) is 46.8. The van der Waals surface area contributed by atoms with Crippen LogP contribution < -0.4 is 0 Å². The molecule has 0 saturated heterocycles. The molecule has 0 atom stereocenters. The van der Waals surface area contributed by atoms with Gasteiger partial charge in [-0.15, -0.1) is 16.6 Å². The fourth-order valence-corrected chi connectivity index (χ4v) is 3.67. The monoisotopic (exact) mass is 1560 g/mol. The molecule has 63 heavy (non-hydrogen) atoms. The average Bonchev–Trinajstić information content (AvgIpc) is 3.84. The Bertz CT molecular complexity index is 1340. The summed E-state index contributed by atoms with van der Waals surface area (Å²) >= 11 is 0. The van der Waals surface area contributed by atoms with E-state index in [0.29, 0.717) is 48.2 Å². The predicted molar refractivity (Wildman–Crippen MR) is 253 cm³/mol. The minimum absolute atomic E-state index is 0. The number of aryl methyl sites for hydroxylation is 1. The van der Waals surface area contributed by atoms with Gasteiger partial charge in [-0.1, -0.05) is 89.8 Å². The minimum atomic E-state index is 0. The Labute approximate surface area is 460 Å². The van der Waals surface area contributed by atoms with Gasteiger partial charge in [-0.2, -0.15) is 73.8 Å². The molecule has 0 aliphatic heterocycles. The molecule has 0 unspecified atom stereocenters. The molecule has 3 heterocycles. The molecule has 0 amide bonds. The maximum absolute atomic E-state index is 5.58. The summed E-state index contributed by atoms with van der Waals surface area (Å²) in [4.78, 5) is 0. The van der Waals surface area contributed by atoms with E-state index in [-0.39, 0.29) is 93.3 Å². The molecule has 360 valence electrons. The van der Waals surface area contributed by atoms with Crippen molar-refractivity contribution in [3.8, 4) is 0 Å². The fraction of sp³-hybridized carbons (Fsp3) is 0.750. The molecule has 3 aromatic heterocycles. The number of hydrogen-bond acceptors (Lipinski definition) is 9. The first-order chi connectivity index (χ1) is 27.7. The third-order valence-corrected chi connectivity index (χ3v) is 6.83. The van der Waals surface area contributed by atoms with Crippen LogP contribution in [0.25, 0.3) is 0 Å². The second kappa shape index (κ2) is 44.8. The maximum atomic E-state index is 5.58. The van der Waals surface area contributed by atoms with Gasteiger partial charge in [-0.3, -0.25) is 4.68 Å². The van der Waals surface area contributed by atoms with Crippen molar-refractivity contribution in [2.24, 2.45) is 16.2 Å². The number of rotatable bonds is 18. The van der Waals surface area contributed by atoms with Gasteiger partial charge in [0.2, 0.25) is 0 Å². The molecule has 0 bridgehead atoms. The first-order valence-corrected chi connectivity index (χ1v) is 21.8. The van der Waals surface area contributed by atoms with Crippen LogP contribution in [0.2, 0.25) is 0 Å². The van der Waals surface area contributed by atoms with Crippen molar-refractivity contribution in [1.29, 1.82) is 0 Å². The van der Waals surface area contributed by atoms with Gasteiger partial charge in [0.25, 0.3) is 0 Å². The molecular weight excluding hydrogens is 1460 g/mol. The molecule has 0 aliphatic rings. The van der Waals surface area contributed by atoms with E-state index in [9.17, 15) is 0 Å². The standard InChI is InChI=1S/C13H24N3O.C12H22N3O.C11H20N3O.3C4H9.3U/c1-5-6-12-11-16(15-14-12)8-10-17-9-7-13(2,3)4;1-5-11-10-15(14-13-11)7-9-16-8-6-12(2,3)4;1-10-9-14(13-12-10)6-8-15-7-5-11(2,3)4;3*1-4(2)3;;;/h11H,1,5-10H2,2-4H3;10H,1,5-9H2,2-4H3;9H,1,5-8H2,2-4H3;3*1-3H3;;;/q6*-1;3*+2. The molecule has 12 nitrogen and oxygen atoms in total. The van der Waals surface area contributed by atoms with Crippen LogP contribution >= 0.6 is 0 Å². The summed E-state index contributed by atoms with van der Waals surface area (Å²) in [7, 11) is 0. The van der Waals surface area contributed by atoms with E-state index in [1.807, 2.05) is 23.3 Å². The molecule has 0 N–H and O–H groups in total. The van der Waals surface area contributed by atoms with Gasteiger partial charge < -0.3 is 50.5 Å². The Kier molecular flexibility index (Phi) is 53.2.